The van der Waals surface area contributed by atoms with Crippen molar-refractivity contribution < 1.29 is 24.4 Å². The fourth-order valence-corrected chi connectivity index (χ4v) is 6.60. The van der Waals surface area contributed by atoms with Crippen molar-refractivity contribution in [2.45, 2.75) is 85.6 Å². The number of rotatable bonds is 8. The van der Waals surface area contributed by atoms with Gasteiger partial charge in [-0.3, -0.25) is 14.5 Å². The molecule has 1 aromatic rings. The minimum atomic E-state index is -0.930. The number of amides is 2. The number of hydrogen-bond donors (Lipinski definition) is 2. The number of hydrogen-bond acceptors (Lipinski definition) is 5. The molecular formula is C29H40BNO5. The Morgan fingerprint density at radius 1 is 1.14 bits per heavy atom. The summed E-state index contributed by atoms with van der Waals surface area (Å²) < 4.78 is 6.10. The lowest BCUT2D eigenvalue weighted by molar-refractivity contribution is -0.140. The summed E-state index contributed by atoms with van der Waals surface area (Å²) in [5.41, 5.74) is 6.38. The van der Waals surface area contributed by atoms with Crippen LogP contribution < -0.4 is 0 Å². The molecule has 0 unspecified atom stereocenters. The van der Waals surface area contributed by atoms with Crippen LogP contribution in [0.5, 0.6) is 5.75 Å². The molecule has 0 saturated carbocycles. The first-order valence-electron chi connectivity index (χ1n) is 13.5. The van der Waals surface area contributed by atoms with Gasteiger partial charge in [0.2, 0.25) is 11.8 Å². The van der Waals surface area contributed by atoms with Gasteiger partial charge in [0.1, 0.15) is 5.75 Å². The number of carbonyl (C=O) groups excluding carboxylic acids is 2. The smallest absolute Gasteiger partial charge is 0.455 e. The maximum absolute atomic E-state index is 13.4. The van der Waals surface area contributed by atoms with Crippen LogP contribution in [0, 0.1) is 31.6 Å². The number of aryl methyl sites for hydroxylation is 2. The molecule has 2 aliphatic heterocycles. The topological polar surface area (TPSA) is 87.1 Å². The van der Waals surface area contributed by atoms with Crippen LogP contribution in [0.25, 0.3) is 6.08 Å². The average molecular weight is 493 g/mol. The maximum atomic E-state index is 13.4. The summed E-state index contributed by atoms with van der Waals surface area (Å²) in [7, 11) is -0.930. The number of nitrogens with zero attached hydrogens (tertiary/aromatic N) is 1. The van der Waals surface area contributed by atoms with Crippen molar-refractivity contribution in [1.29, 1.82) is 0 Å². The van der Waals surface area contributed by atoms with E-state index in [-0.39, 0.29) is 35.7 Å². The van der Waals surface area contributed by atoms with Gasteiger partial charge in [0.25, 0.3) is 0 Å². The minimum Gasteiger partial charge on any atom is -0.507 e. The average Bonchev–Trinajstić information content (AvgIpc) is 3.06. The Balaban J connectivity index is 1.59. The molecule has 0 aromatic heterocycles. The van der Waals surface area contributed by atoms with Gasteiger partial charge in [0.15, 0.2) is 0 Å². The summed E-state index contributed by atoms with van der Waals surface area (Å²) in [6.45, 7) is 10.5. The number of aromatic hydroxyl groups is 1. The number of fused-ring (bicyclic) bond motifs is 3. The molecule has 2 fully saturated rings. The third-order valence-electron chi connectivity index (χ3n) is 8.13. The van der Waals surface area contributed by atoms with Crippen molar-refractivity contribution in [2.75, 3.05) is 6.54 Å². The number of allylic oxidation sites excluding steroid dienone is 2. The van der Waals surface area contributed by atoms with Crippen molar-refractivity contribution in [3.63, 3.8) is 0 Å². The number of benzene rings is 1. The number of phenolic OH excluding ortho intramolecular Hbond substituents is 1. The lowest BCUT2D eigenvalue weighted by Crippen LogP contribution is -2.46. The summed E-state index contributed by atoms with van der Waals surface area (Å²) >= 11 is 0. The van der Waals surface area contributed by atoms with Crippen molar-refractivity contribution in [3.05, 3.63) is 45.5 Å². The predicted octanol–water partition coefficient (Wildman–Crippen LogP) is 5.20. The van der Waals surface area contributed by atoms with E-state index in [0.717, 1.165) is 42.4 Å². The molecule has 2 saturated heterocycles. The van der Waals surface area contributed by atoms with E-state index in [1.165, 1.54) is 21.6 Å². The van der Waals surface area contributed by atoms with E-state index in [4.69, 9.17) is 4.65 Å². The van der Waals surface area contributed by atoms with Crippen LogP contribution in [0.3, 0.4) is 0 Å². The van der Waals surface area contributed by atoms with Crippen molar-refractivity contribution in [3.8, 4) is 5.75 Å². The van der Waals surface area contributed by atoms with Crippen LogP contribution in [0.4, 0.5) is 0 Å². The lowest BCUT2D eigenvalue weighted by atomic mass is 9.58. The van der Waals surface area contributed by atoms with E-state index in [9.17, 15) is 19.7 Å². The van der Waals surface area contributed by atoms with Gasteiger partial charge in [-0.2, -0.15) is 0 Å². The molecule has 2 heterocycles. The summed E-state index contributed by atoms with van der Waals surface area (Å²) in [6, 6.07) is 3.97. The van der Waals surface area contributed by atoms with Gasteiger partial charge in [-0.05, 0) is 99.5 Å². The van der Waals surface area contributed by atoms with E-state index < -0.39 is 7.12 Å². The largest absolute Gasteiger partial charge is 0.507 e. The predicted molar refractivity (Wildman–Crippen MR) is 142 cm³/mol. The number of likely N-dealkylation sites (tertiary alicyclic amines) is 1. The van der Waals surface area contributed by atoms with Gasteiger partial charge in [-0.15, -0.1) is 0 Å². The lowest BCUT2D eigenvalue weighted by Gasteiger charge is -2.43. The maximum Gasteiger partial charge on any atom is 0.455 e. The summed E-state index contributed by atoms with van der Waals surface area (Å²) in [4.78, 5) is 28.0. The molecular weight excluding hydrogens is 453 g/mol. The SMILES string of the molecule is CCCC1=C2[C@@H](CC/C(C)=C/c3cc(C)c(O)c(C)c3)OB(O)C[C@@H]2[C@@H]2C(=O)N(CCC)C(=O)[C@@H]2C1. The zero-order valence-electron chi connectivity index (χ0n) is 22.3. The van der Waals surface area contributed by atoms with Crippen molar-refractivity contribution >= 4 is 25.0 Å². The normalized spacial score (nSPS) is 26.6. The quantitative estimate of drug-likeness (QED) is 0.295. The molecule has 0 spiro atoms. The molecule has 4 rings (SSSR count). The Kier molecular flexibility index (Phi) is 8.10. The Morgan fingerprint density at radius 2 is 1.83 bits per heavy atom. The monoisotopic (exact) mass is 493 g/mol. The molecule has 4 atom stereocenters. The van der Waals surface area contributed by atoms with E-state index in [1.54, 1.807) is 0 Å². The number of carbonyl (C=O) groups is 2. The third-order valence-corrected chi connectivity index (χ3v) is 8.13. The van der Waals surface area contributed by atoms with Crippen molar-refractivity contribution in [1.82, 2.24) is 4.90 Å². The highest BCUT2D eigenvalue weighted by atomic mass is 16.5. The zero-order valence-corrected chi connectivity index (χ0v) is 22.3. The molecule has 7 heteroatoms. The highest BCUT2D eigenvalue weighted by molar-refractivity contribution is 6.43. The summed E-state index contributed by atoms with van der Waals surface area (Å²) in [6.07, 6.45) is 7.00. The van der Waals surface area contributed by atoms with E-state index in [2.05, 4.69) is 19.9 Å². The van der Waals surface area contributed by atoms with Gasteiger partial charge in [-0.1, -0.05) is 37.5 Å². The fourth-order valence-electron chi connectivity index (χ4n) is 6.60. The second kappa shape index (κ2) is 10.9. The number of phenols is 1. The van der Waals surface area contributed by atoms with Crippen molar-refractivity contribution in [2.24, 2.45) is 17.8 Å². The van der Waals surface area contributed by atoms with Gasteiger partial charge in [0, 0.05) is 6.54 Å². The standard InChI is InChI=1S/C29H40BNO5/c1-6-8-21-15-22-26(29(34)31(11-7-2)28(22)33)23-16-30(35)36-24(25(21)23)10-9-17(3)12-20-13-18(4)27(32)19(5)14-20/h12-14,22-24,26,32,35H,6-11,15-16H2,1-5H3/b17-12+/t22-,23+,24-,26-/m1/s1. The Morgan fingerprint density at radius 3 is 2.47 bits per heavy atom. The molecule has 6 nitrogen and oxygen atoms in total. The number of imide groups is 1. The van der Waals surface area contributed by atoms with E-state index in [0.29, 0.717) is 31.5 Å². The Hall–Kier alpha value is -2.38. The van der Waals surface area contributed by atoms with E-state index >= 15 is 0 Å². The van der Waals surface area contributed by atoms with Crippen LogP contribution in [0.15, 0.2) is 28.9 Å². The third kappa shape index (κ3) is 5.05. The van der Waals surface area contributed by atoms with Crippen LogP contribution in [0.2, 0.25) is 6.32 Å². The highest BCUT2D eigenvalue weighted by Gasteiger charge is 2.56. The molecule has 0 radical (unpaired) electrons. The minimum absolute atomic E-state index is 0.0321. The first-order chi connectivity index (χ1) is 17.2. The molecule has 2 N–H and O–H groups in total. The first-order valence-corrected chi connectivity index (χ1v) is 13.5. The highest BCUT2D eigenvalue weighted by Crippen LogP contribution is 2.51. The van der Waals surface area contributed by atoms with Crippen LogP contribution >= 0.6 is 0 Å². The molecule has 2 amide bonds. The molecule has 0 bridgehead atoms. The summed E-state index contributed by atoms with van der Waals surface area (Å²) in [5.74, 6) is -0.566. The molecule has 36 heavy (non-hydrogen) atoms. The summed E-state index contributed by atoms with van der Waals surface area (Å²) in [5, 5.41) is 20.7. The second-order valence-electron chi connectivity index (χ2n) is 10.9. The van der Waals surface area contributed by atoms with Crippen LogP contribution in [-0.4, -0.2) is 46.6 Å². The molecule has 3 aliphatic rings. The van der Waals surface area contributed by atoms with Gasteiger partial charge in [-0.25, -0.2) is 0 Å². The van der Waals surface area contributed by atoms with Gasteiger partial charge in [0.05, 0.1) is 17.9 Å². The Bertz CT molecular complexity index is 1070. The first kappa shape index (κ1) is 26.7. The zero-order chi connectivity index (χ0) is 26.1. The van der Waals surface area contributed by atoms with E-state index in [1.807, 2.05) is 32.9 Å². The van der Waals surface area contributed by atoms with Gasteiger partial charge >= 0.3 is 7.12 Å². The Labute approximate surface area is 215 Å². The fraction of sp³-hybridized carbons (Fsp3) is 0.586. The molecule has 194 valence electrons. The van der Waals surface area contributed by atoms with Crippen LogP contribution in [-0.2, 0) is 14.2 Å². The van der Waals surface area contributed by atoms with Crippen LogP contribution in [0.1, 0.15) is 76.0 Å². The van der Waals surface area contributed by atoms with Gasteiger partial charge < -0.3 is 14.8 Å². The molecule has 1 aromatic carbocycles. The molecule has 1 aliphatic carbocycles. The second-order valence-corrected chi connectivity index (χ2v) is 10.9.